The Balaban J connectivity index is 1.40. The van der Waals surface area contributed by atoms with Crippen molar-refractivity contribution in [2.24, 2.45) is 0 Å². The van der Waals surface area contributed by atoms with Crippen molar-refractivity contribution in [2.45, 2.75) is 37.8 Å². The first-order valence-corrected chi connectivity index (χ1v) is 18.1. The van der Waals surface area contributed by atoms with Crippen LogP contribution in [-0.2, 0) is 25.7 Å². The maximum atomic E-state index is 6.92. The molecule has 284 valence electrons. The normalized spacial score (nSPS) is 18.2. The number of benzene rings is 4. The molecule has 0 unspecified atom stereocenters. The van der Waals surface area contributed by atoms with Gasteiger partial charge in [0.1, 0.15) is 17.8 Å². The van der Waals surface area contributed by atoms with E-state index in [4.69, 9.17) is 37.9 Å². The van der Waals surface area contributed by atoms with E-state index in [-0.39, 0.29) is 12.1 Å². The number of nitrogens with zero attached hydrogens (tertiary/aromatic N) is 2. The van der Waals surface area contributed by atoms with Crippen molar-refractivity contribution in [1.29, 1.82) is 0 Å². The lowest BCUT2D eigenvalue weighted by Gasteiger charge is -2.43. The van der Waals surface area contributed by atoms with Crippen molar-refractivity contribution in [3.05, 3.63) is 88.0 Å². The molecular formula is C43H56N2O8+2. The Morgan fingerprint density at radius 3 is 1.38 bits per heavy atom. The van der Waals surface area contributed by atoms with E-state index in [1.54, 1.807) is 49.8 Å². The minimum Gasteiger partial charge on any atom is -0.493 e. The van der Waals surface area contributed by atoms with E-state index in [2.05, 4.69) is 64.6 Å². The molecule has 4 aromatic carbocycles. The van der Waals surface area contributed by atoms with Gasteiger partial charge in [-0.2, -0.15) is 0 Å². The van der Waals surface area contributed by atoms with Gasteiger partial charge in [0.05, 0.1) is 91.0 Å². The average Bonchev–Trinajstić information content (AvgIpc) is 3.16. The molecule has 2 aliphatic heterocycles. The second-order valence-electron chi connectivity index (χ2n) is 15.2. The van der Waals surface area contributed by atoms with Crippen LogP contribution in [0.5, 0.6) is 51.7 Å². The molecular weight excluding hydrogens is 672 g/mol. The van der Waals surface area contributed by atoms with E-state index in [0.29, 0.717) is 35.2 Å². The van der Waals surface area contributed by atoms with Crippen LogP contribution in [0.15, 0.2) is 54.6 Å². The molecule has 0 spiro atoms. The first-order chi connectivity index (χ1) is 25.4. The Labute approximate surface area is 314 Å². The Morgan fingerprint density at radius 2 is 0.887 bits per heavy atom. The third kappa shape index (κ3) is 7.39. The number of rotatable bonds is 13. The quantitative estimate of drug-likeness (QED) is 0.132. The van der Waals surface area contributed by atoms with Crippen LogP contribution in [0.2, 0.25) is 0 Å². The summed E-state index contributed by atoms with van der Waals surface area (Å²) in [5.74, 6) is 6.19. The number of methoxy groups -OCH3 is 7. The lowest BCUT2D eigenvalue weighted by molar-refractivity contribution is -0.923. The van der Waals surface area contributed by atoms with Crippen molar-refractivity contribution in [2.75, 3.05) is 91.0 Å². The van der Waals surface area contributed by atoms with E-state index < -0.39 is 0 Å². The van der Waals surface area contributed by atoms with Crippen molar-refractivity contribution in [1.82, 2.24) is 0 Å². The number of quaternary nitrogens is 2. The molecule has 10 nitrogen and oxygen atoms in total. The zero-order chi connectivity index (χ0) is 38.1. The van der Waals surface area contributed by atoms with Gasteiger partial charge in [0.15, 0.2) is 46.0 Å². The molecule has 0 fully saturated rings. The minimum absolute atomic E-state index is 0.106. The van der Waals surface area contributed by atoms with Crippen LogP contribution in [-0.4, -0.2) is 100 Å². The zero-order valence-corrected chi connectivity index (χ0v) is 33.3. The van der Waals surface area contributed by atoms with Crippen LogP contribution in [0.3, 0.4) is 0 Å². The third-order valence-corrected chi connectivity index (χ3v) is 11.5. The lowest BCUT2D eigenvalue weighted by atomic mass is 9.86. The van der Waals surface area contributed by atoms with Gasteiger partial charge in [0.25, 0.3) is 0 Å². The Morgan fingerprint density at radius 1 is 0.453 bits per heavy atom. The third-order valence-electron chi connectivity index (χ3n) is 11.5. The molecule has 0 saturated heterocycles. The highest BCUT2D eigenvalue weighted by atomic mass is 16.5. The van der Waals surface area contributed by atoms with E-state index in [1.807, 2.05) is 18.2 Å². The summed E-state index contributed by atoms with van der Waals surface area (Å²) in [4.78, 5) is 0. The van der Waals surface area contributed by atoms with Crippen molar-refractivity contribution < 1.29 is 46.9 Å². The van der Waals surface area contributed by atoms with Crippen LogP contribution in [0.25, 0.3) is 0 Å². The summed E-state index contributed by atoms with van der Waals surface area (Å²) in [7, 11) is 20.9. The van der Waals surface area contributed by atoms with Crippen molar-refractivity contribution >= 4 is 0 Å². The number of hydrogen-bond acceptors (Lipinski definition) is 8. The smallest absolute Gasteiger partial charge is 0.169 e. The van der Waals surface area contributed by atoms with Gasteiger partial charge in [-0.25, -0.2) is 0 Å². The van der Waals surface area contributed by atoms with E-state index in [0.717, 1.165) is 75.4 Å². The highest BCUT2D eigenvalue weighted by molar-refractivity contribution is 5.56. The summed E-state index contributed by atoms with van der Waals surface area (Å²) < 4.78 is 48.9. The predicted molar refractivity (Wildman–Crippen MR) is 206 cm³/mol. The summed E-state index contributed by atoms with van der Waals surface area (Å²) in [6.07, 6.45) is 3.40. The molecule has 53 heavy (non-hydrogen) atoms. The first-order valence-electron chi connectivity index (χ1n) is 18.1. The molecule has 6 rings (SSSR count). The molecule has 2 heterocycles. The van der Waals surface area contributed by atoms with Crippen LogP contribution >= 0.6 is 0 Å². The summed E-state index contributed by atoms with van der Waals surface area (Å²) in [6, 6.07) is 19.1. The molecule has 0 saturated carbocycles. The van der Waals surface area contributed by atoms with E-state index in [9.17, 15) is 0 Å². The van der Waals surface area contributed by atoms with Crippen LogP contribution in [0.1, 0.15) is 45.5 Å². The molecule has 0 radical (unpaired) electrons. The van der Waals surface area contributed by atoms with Crippen molar-refractivity contribution in [3.8, 4) is 51.7 Å². The molecule has 0 bridgehead atoms. The molecule has 0 N–H and O–H groups in total. The van der Waals surface area contributed by atoms with E-state index >= 15 is 0 Å². The number of hydrogen-bond donors (Lipinski definition) is 0. The van der Waals surface area contributed by atoms with Gasteiger partial charge in [0.2, 0.25) is 0 Å². The van der Waals surface area contributed by atoms with Crippen LogP contribution in [0.4, 0.5) is 0 Å². The van der Waals surface area contributed by atoms with E-state index in [1.165, 1.54) is 22.3 Å². The second kappa shape index (κ2) is 15.3. The average molecular weight is 729 g/mol. The summed E-state index contributed by atoms with van der Waals surface area (Å²) in [5.41, 5.74) is 7.22. The molecule has 0 amide bonds. The van der Waals surface area contributed by atoms with Gasteiger partial charge in [0, 0.05) is 48.4 Å². The summed E-state index contributed by atoms with van der Waals surface area (Å²) in [6.45, 7) is 1.99. The highest BCUT2D eigenvalue weighted by Crippen LogP contribution is 2.47. The summed E-state index contributed by atoms with van der Waals surface area (Å²) in [5, 5.41) is 0. The monoisotopic (exact) mass is 728 g/mol. The number of likely N-dealkylation sites (N-methyl/N-ethyl adjacent to an activating group) is 2. The van der Waals surface area contributed by atoms with Gasteiger partial charge >= 0.3 is 0 Å². The van der Waals surface area contributed by atoms with Crippen LogP contribution in [0, 0.1) is 0 Å². The first kappa shape index (κ1) is 37.9. The van der Waals surface area contributed by atoms with Gasteiger partial charge in [-0.05, 0) is 59.2 Å². The standard InChI is InChI=1S/C43H56N2O8/c1-44(2)16-14-28-21-37(47-6)40(50-9)24-31(28)33(44)18-27-12-13-35(46-5)43(19-27)53-36-26-42(52-11)39(49-8)23-30(36)20-34-32-25-41(51-10)38(48-7)22-29(32)15-17-45(34,3)4/h12-13,19,21-26,33-34H,14-18,20H2,1-11H3/q+2/t33-,34+/m0/s1. The van der Waals surface area contributed by atoms with Crippen molar-refractivity contribution in [3.63, 3.8) is 0 Å². The second-order valence-corrected chi connectivity index (χ2v) is 15.2. The Bertz CT molecular complexity index is 1960. The maximum Gasteiger partial charge on any atom is 0.169 e. The van der Waals surface area contributed by atoms with Gasteiger partial charge in [-0.1, -0.05) is 6.07 Å². The SMILES string of the molecule is COc1cc(C[C@@H]2c3cc(OC)c(OC)cc3CC[N+]2(C)C)c(Oc2cc(C[C@H]3c4cc(OC)c(OC)cc4CC[N+]3(C)C)ccc2OC)cc1OC. The number of fused-ring (bicyclic) bond motifs is 2. The predicted octanol–water partition coefficient (Wildman–Crippen LogP) is 7.37. The lowest BCUT2D eigenvalue weighted by Crippen LogP contribution is -2.48. The van der Waals surface area contributed by atoms with Gasteiger partial charge in [-0.15, -0.1) is 0 Å². The van der Waals surface area contributed by atoms with Gasteiger partial charge in [-0.3, -0.25) is 0 Å². The topological polar surface area (TPSA) is 73.8 Å². The molecule has 0 aliphatic carbocycles. The molecule has 4 aromatic rings. The number of ether oxygens (including phenoxy) is 8. The minimum atomic E-state index is 0.106. The fourth-order valence-electron chi connectivity index (χ4n) is 8.16. The molecule has 10 heteroatoms. The Hall–Kier alpha value is -4.80. The fourth-order valence-corrected chi connectivity index (χ4v) is 8.16. The largest absolute Gasteiger partial charge is 0.493 e. The fraction of sp³-hybridized carbons (Fsp3) is 0.442. The molecule has 2 aliphatic rings. The Kier molecular flexibility index (Phi) is 10.9. The maximum absolute atomic E-state index is 6.92. The van der Waals surface area contributed by atoms with Gasteiger partial charge < -0.3 is 46.9 Å². The molecule has 0 aromatic heterocycles. The zero-order valence-electron chi connectivity index (χ0n) is 33.3. The molecule has 2 atom stereocenters. The highest BCUT2D eigenvalue weighted by Gasteiger charge is 2.39. The summed E-state index contributed by atoms with van der Waals surface area (Å²) >= 11 is 0. The van der Waals surface area contributed by atoms with Crippen LogP contribution < -0.4 is 37.9 Å².